The molecule has 3 rings (SSSR count). The second-order valence-corrected chi connectivity index (χ2v) is 4.53. The van der Waals surface area contributed by atoms with Gasteiger partial charge in [-0.3, -0.25) is 15.0 Å². The summed E-state index contributed by atoms with van der Waals surface area (Å²) in [6.45, 7) is 18.0. The molecule has 3 heterocycles. The third-order valence-corrected chi connectivity index (χ3v) is 2.47. The van der Waals surface area contributed by atoms with Crippen molar-refractivity contribution in [1.82, 2.24) is 15.0 Å². The fourth-order valence-electron chi connectivity index (χ4n) is 1.32. The fourth-order valence-corrected chi connectivity index (χ4v) is 1.32. The molecule has 0 saturated carbocycles. The SMILES string of the molecule is C.CC.CC.CC.Cc1ccccn1.Cc1cccnc1.Cc1ccncc1.[CH3-].[CH3-].[CH3-].[Y].[Y].[Y]. The third kappa shape index (κ3) is 53.9. The first-order chi connectivity index (χ1) is 13.2. The maximum atomic E-state index is 3.98. The maximum Gasteiger partial charge on any atom is 0.0372 e. The van der Waals surface area contributed by atoms with Gasteiger partial charge in [0, 0.05) is 135 Å². The predicted molar refractivity (Wildman–Crippen MR) is 147 cm³/mol. The zero-order valence-electron chi connectivity index (χ0n) is 23.5. The van der Waals surface area contributed by atoms with Gasteiger partial charge in [0.15, 0.2) is 0 Å². The van der Waals surface area contributed by atoms with Gasteiger partial charge in [-0.1, -0.05) is 61.1 Å². The Morgan fingerprint density at radius 3 is 1.15 bits per heavy atom. The second-order valence-electron chi connectivity index (χ2n) is 4.53. The van der Waals surface area contributed by atoms with Crippen molar-refractivity contribution in [3.05, 3.63) is 113 Å². The topological polar surface area (TPSA) is 38.7 Å². The molecule has 0 fully saturated rings. The van der Waals surface area contributed by atoms with E-state index in [2.05, 4.69) is 15.0 Å². The summed E-state index contributed by atoms with van der Waals surface area (Å²) in [6, 6.07) is 13.7. The van der Waals surface area contributed by atoms with Crippen LogP contribution in [0.2, 0.25) is 0 Å². The van der Waals surface area contributed by atoms with Crippen molar-refractivity contribution < 1.29 is 98.1 Å². The summed E-state index contributed by atoms with van der Waals surface area (Å²) in [5, 5.41) is 0. The van der Waals surface area contributed by atoms with E-state index in [1.54, 1.807) is 24.8 Å². The first kappa shape index (κ1) is 64.6. The van der Waals surface area contributed by atoms with Crippen LogP contribution in [0.4, 0.5) is 0 Å². The molecule has 0 bridgehead atoms. The molecule has 0 spiro atoms. The van der Waals surface area contributed by atoms with Crippen LogP contribution in [0, 0.1) is 43.1 Å². The van der Waals surface area contributed by atoms with Gasteiger partial charge < -0.3 is 22.3 Å². The smallest absolute Gasteiger partial charge is 0.0372 e. The van der Waals surface area contributed by atoms with E-state index < -0.39 is 0 Å². The summed E-state index contributed by atoms with van der Waals surface area (Å²) in [6.07, 6.45) is 8.97. The van der Waals surface area contributed by atoms with Crippen LogP contribution in [0.5, 0.6) is 0 Å². The van der Waals surface area contributed by atoms with Crippen molar-refractivity contribution in [3.8, 4) is 0 Å². The van der Waals surface area contributed by atoms with Crippen LogP contribution in [-0.2, 0) is 98.1 Å². The number of hydrogen-bond donors (Lipinski definition) is 0. The number of aryl methyl sites for hydroxylation is 3. The van der Waals surface area contributed by atoms with Crippen LogP contribution < -0.4 is 0 Å². The Balaban J connectivity index is -0.0000000261. The first-order valence-electron chi connectivity index (χ1n) is 9.79. The van der Waals surface area contributed by atoms with Gasteiger partial charge in [-0.25, -0.2) is 0 Å². The summed E-state index contributed by atoms with van der Waals surface area (Å²) in [5.74, 6) is 0. The first-order valence-corrected chi connectivity index (χ1v) is 9.79. The number of pyridine rings is 3. The molecule has 6 heteroatoms. The summed E-state index contributed by atoms with van der Waals surface area (Å²) in [4.78, 5) is 11.7. The Bertz CT molecular complexity index is 508. The van der Waals surface area contributed by atoms with Crippen LogP contribution in [0.3, 0.4) is 0 Å². The van der Waals surface area contributed by atoms with Crippen LogP contribution in [-0.4, -0.2) is 15.0 Å². The minimum absolute atomic E-state index is 0. The van der Waals surface area contributed by atoms with Crippen molar-refractivity contribution in [1.29, 1.82) is 0 Å². The second kappa shape index (κ2) is 59.1. The van der Waals surface area contributed by atoms with Gasteiger partial charge in [0.25, 0.3) is 0 Å². The average molecular weight is 697 g/mol. The van der Waals surface area contributed by atoms with E-state index in [9.17, 15) is 0 Å². The zero-order chi connectivity index (χ0) is 21.3. The van der Waals surface area contributed by atoms with Gasteiger partial charge in [0.1, 0.15) is 0 Å². The molecule has 0 aliphatic carbocycles. The predicted octanol–water partition coefficient (Wildman–Crippen LogP) is 9.23. The summed E-state index contributed by atoms with van der Waals surface area (Å²) < 4.78 is 0. The molecule has 3 nitrogen and oxygen atoms in total. The Kier molecular flexibility index (Phi) is 112. The molecule has 0 saturated heterocycles. The van der Waals surface area contributed by atoms with E-state index in [1.165, 1.54) is 11.1 Å². The van der Waals surface area contributed by atoms with E-state index in [4.69, 9.17) is 0 Å². The van der Waals surface area contributed by atoms with Crippen LogP contribution in [0.1, 0.15) is 65.8 Å². The molecule has 34 heavy (non-hydrogen) atoms. The van der Waals surface area contributed by atoms with Gasteiger partial charge in [-0.15, -0.1) is 0 Å². The maximum absolute atomic E-state index is 3.98. The molecule has 0 aliphatic rings. The van der Waals surface area contributed by atoms with Crippen molar-refractivity contribution in [2.45, 2.75) is 69.7 Å². The summed E-state index contributed by atoms with van der Waals surface area (Å²) in [5.41, 5.74) is 3.54. The molecule has 3 aromatic heterocycles. The molecule has 191 valence electrons. The standard InChI is InChI=1S/3C6H7N.3C2H6.CH4.3CH3.3Y/c1-6-2-4-7-5-3-6;1-6-3-2-4-7-5-6;1-6-4-2-3-5-7-6;3*1-2;;;;;;;/h3*2-5H,1H3;3*1-2H3;1H4;3*1H3;;;/q;;;;;;;3*-1;;;. The molecule has 3 radical (unpaired) electrons. The van der Waals surface area contributed by atoms with E-state index in [0.717, 1.165) is 5.69 Å². The minimum Gasteiger partial charge on any atom is -0.358 e. The van der Waals surface area contributed by atoms with Gasteiger partial charge in [0.2, 0.25) is 0 Å². The molecule has 0 N–H and O–H groups in total. The number of nitrogens with zero attached hydrogens (tertiary/aromatic N) is 3. The number of rotatable bonds is 0. The normalized spacial score (nSPS) is 5.91. The summed E-state index contributed by atoms with van der Waals surface area (Å²) >= 11 is 0. The molecular weight excluding hydrogens is 645 g/mol. The zero-order valence-corrected chi connectivity index (χ0v) is 32.0. The summed E-state index contributed by atoms with van der Waals surface area (Å²) in [7, 11) is 0. The fraction of sp³-hybridized carbons (Fsp3) is 0.357. The van der Waals surface area contributed by atoms with Gasteiger partial charge in [-0.05, 0) is 62.2 Å². The van der Waals surface area contributed by atoms with E-state index >= 15 is 0 Å². The minimum atomic E-state index is 0. The molecule has 0 atom stereocenters. The van der Waals surface area contributed by atoms with Crippen LogP contribution in [0.15, 0.2) is 73.4 Å². The van der Waals surface area contributed by atoms with E-state index in [1.807, 2.05) is 111 Å². The van der Waals surface area contributed by atoms with E-state index in [0.29, 0.717) is 0 Å². The molecular formula is C28H52N3Y3-3. The van der Waals surface area contributed by atoms with Crippen molar-refractivity contribution in [2.75, 3.05) is 0 Å². The monoisotopic (exact) mass is 697 g/mol. The van der Waals surface area contributed by atoms with E-state index in [-0.39, 0.29) is 128 Å². The van der Waals surface area contributed by atoms with Crippen molar-refractivity contribution in [3.63, 3.8) is 0 Å². The Morgan fingerprint density at radius 1 is 0.500 bits per heavy atom. The van der Waals surface area contributed by atoms with Crippen LogP contribution >= 0.6 is 0 Å². The number of aromatic nitrogens is 3. The Hall–Kier alpha value is 0.762. The molecule has 0 unspecified atom stereocenters. The quantitative estimate of drug-likeness (QED) is 0.220. The molecule has 0 aliphatic heterocycles. The molecule has 0 amide bonds. The van der Waals surface area contributed by atoms with Gasteiger partial charge in [0.05, 0.1) is 0 Å². The molecule has 0 aromatic carbocycles. The Morgan fingerprint density at radius 2 is 0.971 bits per heavy atom. The Labute approximate surface area is 291 Å². The largest absolute Gasteiger partial charge is 0.358 e. The third-order valence-electron chi connectivity index (χ3n) is 2.47. The van der Waals surface area contributed by atoms with Crippen molar-refractivity contribution in [2.24, 2.45) is 0 Å². The average Bonchev–Trinajstić information content (AvgIpc) is 2.75. The van der Waals surface area contributed by atoms with Gasteiger partial charge >= 0.3 is 0 Å². The number of hydrogen-bond acceptors (Lipinski definition) is 3. The van der Waals surface area contributed by atoms with Crippen molar-refractivity contribution >= 4 is 0 Å². The van der Waals surface area contributed by atoms with Gasteiger partial charge in [-0.2, -0.15) is 0 Å². The van der Waals surface area contributed by atoms with Crippen LogP contribution in [0.25, 0.3) is 0 Å². The molecule has 3 aromatic rings.